The average Bonchev–Trinajstić information content (AvgIpc) is 3.15. The monoisotopic (exact) mass is 396 g/mol. The second kappa shape index (κ2) is 8.86. The third-order valence-electron chi connectivity index (χ3n) is 4.26. The summed E-state index contributed by atoms with van der Waals surface area (Å²) in [4.78, 5) is 16.6. The van der Waals surface area contributed by atoms with Gasteiger partial charge in [0.15, 0.2) is 17.5 Å². The molecule has 0 spiro atoms. The minimum Gasteiger partial charge on any atom is -0.454 e. The van der Waals surface area contributed by atoms with Crippen molar-refractivity contribution in [3.8, 4) is 11.5 Å². The summed E-state index contributed by atoms with van der Waals surface area (Å²) in [5, 5.41) is 9.53. The number of fused-ring (bicyclic) bond motifs is 1. The Bertz CT molecular complexity index is 903. The Morgan fingerprint density at radius 1 is 1.00 bits per heavy atom. The first-order valence-electron chi connectivity index (χ1n) is 9.58. The van der Waals surface area contributed by atoms with E-state index in [9.17, 15) is 4.79 Å². The molecule has 0 radical (unpaired) electrons. The zero-order chi connectivity index (χ0) is 20.9. The zero-order valence-electron chi connectivity index (χ0n) is 17.3. The van der Waals surface area contributed by atoms with Crippen LogP contribution in [0.15, 0.2) is 47.5 Å². The van der Waals surface area contributed by atoms with Crippen molar-refractivity contribution in [2.45, 2.75) is 39.4 Å². The molecule has 0 fully saturated rings. The fourth-order valence-electron chi connectivity index (χ4n) is 2.88. The lowest BCUT2D eigenvalue weighted by molar-refractivity contribution is 0.0919. The lowest BCUT2D eigenvalue weighted by Crippen LogP contribution is -2.40. The van der Waals surface area contributed by atoms with Crippen molar-refractivity contribution in [1.29, 1.82) is 0 Å². The summed E-state index contributed by atoms with van der Waals surface area (Å²) in [6.07, 6.45) is 0. The highest BCUT2D eigenvalue weighted by molar-refractivity contribution is 5.94. The first-order chi connectivity index (χ1) is 13.8. The molecule has 3 rings (SSSR count). The van der Waals surface area contributed by atoms with E-state index >= 15 is 0 Å². The number of hydrogen-bond donors (Lipinski definition) is 3. The van der Waals surface area contributed by atoms with Gasteiger partial charge in [0.25, 0.3) is 5.91 Å². The van der Waals surface area contributed by atoms with Gasteiger partial charge in [-0.05, 0) is 56.2 Å². The van der Waals surface area contributed by atoms with E-state index in [2.05, 4.69) is 20.9 Å². The molecule has 29 heavy (non-hydrogen) atoms. The maximum absolute atomic E-state index is 12.4. The second-order valence-corrected chi connectivity index (χ2v) is 7.87. The Morgan fingerprint density at radius 2 is 1.69 bits per heavy atom. The van der Waals surface area contributed by atoms with E-state index in [1.54, 1.807) is 7.05 Å². The Labute approximate surface area is 171 Å². The van der Waals surface area contributed by atoms with Crippen LogP contribution in [0, 0.1) is 0 Å². The Hall–Kier alpha value is -3.22. The van der Waals surface area contributed by atoms with Crippen LogP contribution in [0.3, 0.4) is 0 Å². The standard InChI is InChI=1S/C22H28N4O3/c1-22(2,3)26-20(27)17-7-5-6-15(10-17)12-24-21(23-4)25-13-16-8-9-18-19(11-16)29-14-28-18/h5-11H,12-14H2,1-4H3,(H,26,27)(H2,23,24,25). The number of hydrogen-bond acceptors (Lipinski definition) is 4. The minimum absolute atomic E-state index is 0.0790. The summed E-state index contributed by atoms with van der Waals surface area (Å²) in [5.74, 6) is 2.13. The summed E-state index contributed by atoms with van der Waals surface area (Å²) in [6.45, 7) is 7.31. The number of ether oxygens (including phenoxy) is 2. The Morgan fingerprint density at radius 3 is 2.38 bits per heavy atom. The van der Waals surface area contributed by atoms with Gasteiger partial charge < -0.3 is 25.4 Å². The average molecular weight is 396 g/mol. The Balaban J connectivity index is 1.54. The van der Waals surface area contributed by atoms with Crippen LogP contribution in [0.1, 0.15) is 42.3 Å². The van der Waals surface area contributed by atoms with Gasteiger partial charge in [0.1, 0.15) is 0 Å². The van der Waals surface area contributed by atoms with Crippen molar-refractivity contribution in [3.63, 3.8) is 0 Å². The third-order valence-corrected chi connectivity index (χ3v) is 4.26. The highest BCUT2D eigenvalue weighted by Crippen LogP contribution is 2.32. The predicted molar refractivity (Wildman–Crippen MR) is 113 cm³/mol. The van der Waals surface area contributed by atoms with Crippen LogP contribution < -0.4 is 25.4 Å². The van der Waals surface area contributed by atoms with Crippen molar-refractivity contribution in [1.82, 2.24) is 16.0 Å². The number of guanidine groups is 1. The van der Waals surface area contributed by atoms with Crippen LogP contribution in [0.2, 0.25) is 0 Å². The van der Waals surface area contributed by atoms with E-state index in [1.807, 2.05) is 63.2 Å². The summed E-state index contributed by atoms with van der Waals surface area (Å²) < 4.78 is 10.7. The molecule has 0 saturated heterocycles. The van der Waals surface area contributed by atoms with Crippen LogP contribution in [-0.4, -0.2) is 31.2 Å². The summed E-state index contributed by atoms with van der Waals surface area (Å²) in [6, 6.07) is 13.4. The minimum atomic E-state index is -0.272. The van der Waals surface area contributed by atoms with Gasteiger partial charge in [-0.25, -0.2) is 0 Å². The molecule has 0 bridgehead atoms. The molecule has 2 aromatic rings. The normalized spacial score (nSPS) is 13.2. The van der Waals surface area contributed by atoms with E-state index in [4.69, 9.17) is 9.47 Å². The second-order valence-electron chi connectivity index (χ2n) is 7.87. The first kappa shape index (κ1) is 20.5. The molecule has 0 aliphatic carbocycles. The van der Waals surface area contributed by atoms with Gasteiger partial charge in [0.2, 0.25) is 6.79 Å². The number of rotatable bonds is 5. The van der Waals surface area contributed by atoms with Crippen LogP contribution >= 0.6 is 0 Å². The lowest BCUT2D eigenvalue weighted by atomic mass is 10.1. The van der Waals surface area contributed by atoms with Crippen molar-refractivity contribution in [2.75, 3.05) is 13.8 Å². The number of carbonyl (C=O) groups excluding carboxylic acids is 1. The largest absolute Gasteiger partial charge is 0.454 e. The predicted octanol–water partition coefficient (Wildman–Crippen LogP) is 2.81. The van der Waals surface area contributed by atoms with Crippen LogP contribution in [0.5, 0.6) is 11.5 Å². The molecule has 0 aromatic heterocycles. The number of nitrogens with zero attached hydrogens (tertiary/aromatic N) is 1. The fourth-order valence-corrected chi connectivity index (χ4v) is 2.88. The maximum atomic E-state index is 12.4. The summed E-state index contributed by atoms with van der Waals surface area (Å²) in [7, 11) is 1.72. The third kappa shape index (κ3) is 5.88. The van der Waals surface area contributed by atoms with Gasteiger partial charge in [-0.2, -0.15) is 0 Å². The van der Waals surface area contributed by atoms with E-state index in [0.717, 1.165) is 22.6 Å². The zero-order valence-corrected chi connectivity index (χ0v) is 17.3. The molecule has 3 N–H and O–H groups in total. The van der Waals surface area contributed by atoms with Gasteiger partial charge >= 0.3 is 0 Å². The molecule has 0 atom stereocenters. The lowest BCUT2D eigenvalue weighted by Gasteiger charge is -2.20. The number of aliphatic imine (C=N–C) groups is 1. The molecule has 7 nitrogen and oxygen atoms in total. The number of amides is 1. The molecule has 2 aromatic carbocycles. The molecule has 1 aliphatic rings. The topological polar surface area (TPSA) is 84.0 Å². The van der Waals surface area contributed by atoms with Gasteiger partial charge in [-0.15, -0.1) is 0 Å². The van der Waals surface area contributed by atoms with Gasteiger partial charge in [0, 0.05) is 31.2 Å². The van der Waals surface area contributed by atoms with E-state index in [1.165, 1.54) is 0 Å². The van der Waals surface area contributed by atoms with Gasteiger partial charge in [-0.1, -0.05) is 18.2 Å². The summed E-state index contributed by atoms with van der Waals surface area (Å²) in [5.41, 5.74) is 2.43. The van der Waals surface area contributed by atoms with Crippen molar-refractivity contribution < 1.29 is 14.3 Å². The molecule has 0 saturated carbocycles. The van der Waals surface area contributed by atoms with Crippen molar-refractivity contribution in [2.24, 2.45) is 4.99 Å². The van der Waals surface area contributed by atoms with Crippen molar-refractivity contribution >= 4 is 11.9 Å². The first-order valence-corrected chi connectivity index (χ1v) is 9.58. The molecular weight excluding hydrogens is 368 g/mol. The molecular formula is C22H28N4O3. The maximum Gasteiger partial charge on any atom is 0.251 e. The van der Waals surface area contributed by atoms with Crippen molar-refractivity contribution in [3.05, 3.63) is 59.2 Å². The number of benzene rings is 2. The van der Waals surface area contributed by atoms with Gasteiger partial charge in [-0.3, -0.25) is 9.79 Å². The number of nitrogens with one attached hydrogen (secondary N) is 3. The highest BCUT2D eigenvalue weighted by Gasteiger charge is 2.15. The summed E-state index contributed by atoms with van der Waals surface area (Å²) >= 11 is 0. The molecule has 7 heteroatoms. The van der Waals surface area contributed by atoms with E-state index < -0.39 is 0 Å². The molecule has 0 unspecified atom stereocenters. The van der Waals surface area contributed by atoms with E-state index in [-0.39, 0.29) is 18.2 Å². The molecule has 154 valence electrons. The van der Waals surface area contributed by atoms with Crippen LogP contribution in [0.25, 0.3) is 0 Å². The molecule has 1 heterocycles. The fraction of sp³-hybridized carbons (Fsp3) is 0.364. The van der Waals surface area contributed by atoms with Crippen LogP contribution in [-0.2, 0) is 13.1 Å². The highest BCUT2D eigenvalue weighted by atomic mass is 16.7. The number of carbonyl (C=O) groups is 1. The molecule has 1 aliphatic heterocycles. The Kier molecular flexibility index (Phi) is 6.26. The SMILES string of the molecule is CN=C(NCc1cccc(C(=O)NC(C)(C)C)c1)NCc1ccc2c(c1)OCO2. The smallest absolute Gasteiger partial charge is 0.251 e. The molecule has 1 amide bonds. The quantitative estimate of drug-likeness (QED) is 0.535. The van der Waals surface area contributed by atoms with E-state index in [0.29, 0.717) is 24.6 Å². The van der Waals surface area contributed by atoms with Gasteiger partial charge in [0.05, 0.1) is 0 Å². The van der Waals surface area contributed by atoms with Crippen LogP contribution in [0.4, 0.5) is 0 Å².